The van der Waals surface area contributed by atoms with Crippen LogP contribution in [-0.4, -0.2) is 26.2 Å². The normalized spacial score (nSPS) is 13.3. The SMILES string of the molecule is Cc1ccc2nc(NC(=O)CSc3nc(=O)n(Cc4cccs4)c4c3CCCC4)sc2c1. The molecule has 1 aliphatic rings. The highest BCUT2D eigenvalue weighted by Crippen LogP contribution is 2.30. The number of nitrogens with zero attached hydrogens (tertiary/aromatic N) is 3. The lowest BCUT2D eigenvalue weighted by Gasteiger charge is -2.22. The van der Waals surface area contributed by atoms with Crippen molar-refractivity contribution in [1.82, 2.24) is 14.5 Å². The Morgan fingerprint density at radius 1 is 1.22 bits per heavy atom. The number of thiazole rings is 1. The van der Waals surface area contributed by atoms with Crippen LogP contribution >= 0.6 is 34.4 Å². The van der Waals surface area contributed by atoms with Crippen LogP contribution in [0.2, 0.25) is 0 Å². The summed E-state index contributed by atoms with van der Waals surface area (Å²) in [6, 6.07) is 10.1. The van der Waals surface area contributed by atoms with Gasteiger partial charge in [0.1, 0.15) is 5.03 Å². The summed E-state index contributed by atoms with van der Waals surface area (Å²) in [4.78, 5) is 35.4. The zero-order valence-corrected chi connectivity index (χ0v) is 20.0. The highest BCUT2D eigenvalue weighted by Gasteiger charge is 2.21. The lowest BCUT2D eigenvalue weighted by molar-refractivity contribution is -0.113. The topological polar surface area (TPSA) is 76.9 Å². The van der Waals surface area contributed by atoms with Crippen molar-refractivity contribution in [3.8, 4) is 0 Å². The molecule has 0 radical (unpaired) electrons. The summed E-state index contributed by atoms with van der Waals surface area (Å²) in [5.41, 5.74) is 4.02. The second kappa shape index (κ2) is 9.17. The first-order valence-electron chi connectivity index (χ1n) is 10.5. The van der Waals surface area contributed by atoms with Crippen LogP contribution in [0, 0.1) is 6.92 Å². The van der Waals surface area contributed by atoms with E-state index in [1.165, 1.54) is 28.7 Å². The molecule has 0 fully saturated rings. The Labute approximate surface area is 197 Å². The summed E-state index contributed by atoms with van der Waals surface area (Å²) >= 11 is 4.46. The Morgan fingerprint density at radius 2 is 2.09 bits per heavy atom. The molecular weight excluding hydrogens is 460 g/mol. The second-order valence-corrected chi connectivity index (χ2v) is 10.9. The first kappa shape index (κ1) is 21.4. The van der Waals surface area contributed by atoms with E-state index in [1.54, 1.807) is 11.3 Å². The maximum Gasteiger partial charge on any atom is 0.349 e. The summed E-state index contributed by atoms with van der Waals surface area (Å²) < 4.78 is 2.87. The molecule has 0 bridgehead atoms. The monoisotopic (exact) mass is 482 g/mol. The maximum absolute atomic E-state index is 12.8. The van der Waals surface area contributed by atoms with Gasteiger partial charge in [-0.15, -0.1) is 11.3 Å². The quantitative estimate of drug-likeness (QED) is 0.313. The van der Waals surface area contributed by atoms with Crippen LogP contribution in [0.5, 0.6) is 0 Å². The number of thiophene rings is 1. The number of carbonyl (C=O) groups excluding carboxylic acids is 1. The summed E-state index contributed by atoms with van der Waals surface area (Å²) in [5.74, 6) is 0.0582. The molecule has 1 amide bonds. The molecule has 0 spiro atoms. The van der Waals surface area contributed by atoms with Crippen molar-refractivity contribution in [1.29, 1.82) is 0 Å². The van der Waals surface area contributed by atoms with E-state index < -0.39 is 0 Å². The third kappa shape index (κ3) is 4.51. The van der Waals surface area contributed by atoms with Crippen LogP contribution in [0.15, 0.2) is 45.5 Å². The van der Waals surface area contributed by atoms with Crippen LogP contribution in [0.1, 0.15) is 34.5 Å². The van der Waals surface area contributed by atoms with Gasteiger partial charge in [0.05, 0.1) is 22.5 Å². The highest BCUT2D eigenvalue weighted by atomic mass is 32.2. The predicted molar refractivity (Wildman–Crippen MR) is 132 cm³/mol. The van der Waals surface area contributed by atoms with Crippen LogP contribution in [-0.2, 0) is 24.2 Å². The van der Waals surface area contributed by atoms with Gasteiger partial charge in [0.2, 0.25) is 5.91 Å². The average Bonchev–Trinajstić information content (AvgIpc) is 3.43. The molecule has 9 heteroatoms. The predicted octanol–water partition coefficient (Wildman–Crippen LogP) is 4.88. The van der Waals surface area contributed by atoms with Crippen LogP contribution in [0.4, 0.5) is 5.13 Å². The molecule has 1 aliphatic carbocycles. The number of hydrogen-bond donors (Lipinski definition) is 1. The number of amides is 1. The number of nitrogens with one attached hydrogen (secondary N) is 1. The minimum absolute atomic E-state index is 0.139. The third-order valence-corrected chi connectivity index (χ3v) is 8.29. The van der Waals surface area contributed by atoms with Crippen molar-refractivity contribution in [3.63, 3.8) is 0 Å². The minimum atomic E-state index is -0.233. The van der Waals surface area contributed by atoms with E-state index >= 15 is 0 Å². The van der Waals surface area contributed by atoms with Gasteiger partial charge < -0.3 is 5.32 Å². The summed E-state index contributed by atoms with van der Waals surface area (Å²) in [6.07, 6.45) is 3.93. The molecule has 3 heterocycles. The number of benzene rings is 1. The highest BCUT2D eigenvalue weighted by molar-refractivity contribution is 8.00. The van der Waals surface area contributed by atoms with Gasteiger partial charge in [-0.05, 0) is 61.7 Å². The van der Waals surface area contributed by atoms with Gasteiger partial charge in [-0.2, -0.15) is 4.98 Å². The molecule has 5 rings (SSSR count). The largest absolute Gasteiger partial charge is 0.349 e. The van der Waals surface area contributed by atoms with E-state index in [-0.39, 0.29) is 17.3 Å². The summed E-state index contributed by atoms with van der Waals surface area (Å²) in [5, 5.41) is 6.21. The van der Waals surface area contributed by atoms with Crippen molar-refractivity contribution in [2.24, 2.45) is 0 Å². The molecule has 0 unspecified atom stereocenters. The number of rotatable bonds is 6. The van der Waals surface area contributed by atoms with Gasteiger partial charge in [0.25, 0.3) is 0 Å². The number of hydrogen-bond acceptors (Lipinski definition) is 7. The lowest BCUT2D eigenvalue weighted by Crippen LogP contribution is -2.30. The number of carbonyl (C=O) groups is 1. The number of fused-ring (bicyclic) bond motifs is 2. The van der Waals surface area contributed by atoms with Gasteiger partial charge in [0.15, 0.2) is 5.13 Å². The van der Waals surface area contributed by atoms with Crippen molar-refractivity contribution in [3.05, 3.63) is 67.9 Å². The van der Waals surface area contributed by atoms with Crippen molar-refractivity contribution in [2.45, 2.75) is 44.2 Å². The van der Waals surface area contributed by atoms with E-state index in [2.05, 4.69) is 21.4 Å². The van der Waals surface area contributed by atoms with E-state index in [0.29, 0.717) is 16.7 Å². The molecular formula is C23H22N4O2S3. The van der Waals surface area contributed by atoms with Crippen molar-refractivity contribution in [2.75, 3.05) is 11.1 Å². The molecule has 164 valence electrons. The van der Waals surface area contributed by atoms with Gasteiger partial charge in [-0.1, -0.05) is 35.2 Å². The van der Waals surface area contributed by atoms with E-state index in [1.807, 2.05) is 41.1 Å². The van der Waals surface area contributed by atoms with Gasteiger partial charge in [-0.3, -0.25) is 9.36 Å². The molecule has 1 aromatic carbocycles. The van der Waals surface area contributed by atoms with Gasteiger partial charge >= 0.3 is 5.69 Å². The van der Waals surface area contributed by atoms with Crippen LogP contribution in [0.3, 0.4) is 0 Å². The molecule has 3 aromatic heterocycles. The maximum atomic E-state index is 12.8. The van der Waals surface area contributed by atoms with E-state index in [0.717, 1.165) is 52.0 Å². The Balaban J connectivity index is 1.32. The Bertz CT molecular complexity index is 1340. The molecule has 6 nitrogen and oxygen atoms in total. The fourth-order valence-electron chi connectivity index (χ4n) is 3.96. The number of aryl methyl sites for hydroxylation is 1. The van der Waals surface area contributed by atoms with Crippen molar-refractivity contribution >= 4 is 55.7 Å². The zero-order valence-electron chi connectivity index (χ0n) is 17.6. The smallest absolute Gasteiger partial charge is 0.301 e. The molecule has 0 atom stereocenters. The number of thioether (sulfide) groups is 1. The minimum Gasteiger partial charge on any atom is -0.301 e. The fourth-order valence-corrected chi connectivity index (χ4v) is 6.51. The fraction of sp³-hybridized carbons (Fsp3) is 0.304. The molecule has 1 N–H and O–H groups in total. The summed E-state index contributed by atoms with van der Waals surface area (Å²) in [6.45, 7) is 2.60. The molecule has 4 aromatic rings. The Hall–Kier alpha value is -2.49. The lowest BCUT2D eigenvalue weighted by atomic mass is 9.97. The van der Waals surface area contributed by atoms with Gasteiger partial charge in [-0.25, -0.2) is 9.78 Å². The molecule has 0 saturated heterocycles. The van der Waals surface area contributed by atoms with E-state index in [4.69, 9.17) is 0 Å². The Kier molecular flexibility index (Phi) is 6.12. The first-order chi connectivity index (χ1) is 15.6. The second-order valence-electron chi connectivity index (χ2n) is 7.82. The number of anilines is 1. The average molecular weight is 483 g/mol. The third-order valence-electron chi connectivity index (χ3n) is 5.48. The molecule has 0 aliphatic heterocycles. The van der Waals surface area contributed by atoms with Crippen molar-refractivity contribution < 1.29 is 4.79 Å². The van der Waals surface area contributed by atoms with Crippen LogP contribution in [0.25, 0.3) is 10.2 Å². The Morgan fingerprint density at radius 3 is 2.94 bits per heavy atom. The number of aromatic nitrogens is 3. The van der Waals surface area contributed by atoms with Crippen LogP contribution < -0.4 is 11.0 Å². The zero-order chi connectivity index (χ0) is 22.1. The standard InChI is InChI=1S/C23H22N4O2S3/c1-14-8-9-17-19(11-14)32-22(24-17)25-20(28)13-31-21-16-6-2-3-7-18(16)27(23(29)26-21)12-15-5-4-10-30-15/h4-5,8-11H,2-3,6-7,12-13H2,1H3,(H,24,25,28). The first-order valence-corrected chi connectivity index (χ1v) is 13.2. The summed E-state index contributed by atoms with van der Waals surface area (Å²) in [7, 11) is 0. The molecule has 32 heavy (non-hydrogen) atoms. The van der Waals surface area contributed by atoms with Gasteiger partial charge in [0, 0.05) is 16.1 Å². The molecule has 0 saturated carbocycles. The van der Waals surface area contributed by atoms with E-state index in [9.17, 15) is 9.59 Å².